The maximum atomic E-state index is 13.0. The first-order valence-corrected chi connectivity index (χ1v) is 9.77. The molecule has 1 amide bonds. The van der Waals surface area contributed by atoms with Gasteiger partial charge in [0.25, 0.3) is 11.5 Å². The highest BCUT2D eigenvalue weighted by Gasteiger charge is 2.22. The Morgan fingerprint density at radius 1 is 1.27 bits per heavy atom. The lowest BCUT2D eigenvalue weighted by atomic mass is 10.2. The first-order chi connectivity index (χ1) is 14.4. The van der Waals surface area contributed by atoms with Crippen LogP contribution in [-0.2, 0) is 16.1 Å². The minimum atomic E-state index is -0.725. The molecular weight excluding hydrogens is 388 g/mol. The Kier molecular flexibility index (Phi) is 8.42. The van der Waals surface area contributed by atoms with Gasteiger partial charge in [-0.15, -0.1) is 0 Å². The standard InChI is InChI=1S/C21H28N4O5/c1-4-12-25-19(22)18(20(27)23-21(25)28)24(13-14-29-3)17(26)11-10-15-8-6-7-9-16(15)30-5-2/h6-11H,4-5,12-14,22H2,1-3H3,(H,23,27,28)/b11-10+. The number of aromatic amines is 1. The third kappa shape index (κ3) is 5.38. The first kappa shape index (κ1) is 23.0. The maximum absolute atomic E-state index is 13.0. The van der Waals surface area contributed by atoms with Gasteiger partial charge in [0, 0.05) is 31.8 Å². The molecule has 0 atom stereocenters. The van der Waals surface area contributed by atoms with Crippen molar-refractivity contribution in [1.82, 2.24) is 9.55 Å². The molecular formula is C21H28N4O5. The van der Waals surface area contributed by atoms with Crippen LogP contribution in [0.15, 0.2) is 39.9 Å². The molecule has 1 aromatic heterocycles. The van der Waals surface area contributed by atoms with Crippen molar-refractivity contribution >= 4 is 23.5 Å². The lowest BCUT2D eigenvalue weighted by Gasteiger charge is -2.23. The van der Waals surface area contributed by atoms with Gasteiger partial charge < -0.3 is 15.2 Å². The number of hydrogen-bond acceptors (Lipinski definition) is 6. The summed E-state index contributed by atoms with van der Waals surface area (Å²) in [5.41, 5.74) is 5.43. The molecule has 0 aliphatic rings. The van der Waals surface area contributed by atoms with E-state index >= 15 is 0 Å². The van der Waals surface area contributed by atoms with Crippen molar-refractivity contribution in [3.63, 3.8) is 0 Å². The summed E-state index contributed by atoms with van der Waals surface area (Å²) < 4.78 is 11.9. The quantitative estimate of drug-likeness (QED) is 0.568. The third-order valence-electron chi connectivity index (χ3n) is 4.34. The average molecular weight is 416 g/mol. The Morgan fingerprint density at radius 2 is 2.00 bits per heavy atom. The molecule has 0 aliphatic heterocycles. The number of carbonyl (C=O) groups excluding carboxylic acids is 1. The smallest absolute Gasteiger partial charge is 0.330 e. The van der Waals surface area contributed by atoms with Crippen molar-refractivity contribution in [2.24, 2.45) is 0 Å². The summed E-state index contributed by atoms with van der Waals surface area (Å²) in [6.07, 6.45) is 3.58. The van der Waals surface area contributed by atoms with Crippen LogP contribution >= 0.6 is 0 Å². The van der Waals surface area contributed by atoms with Gasteiger partial charge in [-0.2, -0.15) is 0 Å². The Labute approximate surface area is 174 Å². The predicted molar refractivity (Wildman–Crippen MR) is 117 cm³/mol. The summed E-state index contributed by atoms with van der Waals surface area (Å²) in [6, 6.07) is 7.29. The second-order valence-corrected chi connectivity index (χ2v) is 6.43. The number of ether oxygens (including phenoxy) is 2. The molecule has 0 fully saturated rings. The van der Waals surface area contributed by atoms with Gasteiger partial charge in [-0.1, -0.05) is 25.1 Å². The second kappa shape index (κ2) is 11.0. The number of para-hydroxylation sites is 1. The van der Waals surface area contributed by atoms with E-state index in [0.29, 0.717) is 25.3 Å². The van der Waals surface area contributed by atoms with E-state index in [1.165, 1.54) is 22.7 Å². The lowest BCUT2D eigenvalue weighted by molar-refractivity contribution is -0.114. The van der Waals surface area contributed by atoms with Crippen LogP contribution in [0.1, 0.15) is 25.8 Å². The monoisotopic (exact) mass is 416 g/mol. The highest BCUT2D eigenvalue weighted by atomic mass is 16.5. The van der Waals surface area contributed by atoms with Gasteiger partial charge in [-0.05, 0) is 25.5 Å². The van der Waals surface area contributed by atoms with Crippen LogP contribution in [0.3, 0.4) is 0 Å². The lowest BCUT2D eigenvalue weighted by Crippen LogP contribution is -2.42. The number of nitrogens with two attached hydrogens (primary N) is 1. The van der Waals surface area contributed by atoms with Crippen molar-refractivity contribution in [2.75, 3.05) is 37.5 Å². The molecule has 0 bridgehead atoms. The number of nitrogens with zero attached hydrogens (tertiary/aromatic N) is 2. The minimum absolute atomic E-state index is 0.0573. The molecule has 9 nitrogen and oxygen atoms in total. The largest absolute Gasteiger partial charge is 0.493 e. The number of H-pyrrole nitrogens is 1. The summed E-state index contributed by atoms with van der Waals surface area (Å²) in [7, 11) is 1.49. The number of aromatic nitrogens is 2. The van der Waals surface area contributed by atoms with Crippen molar-refractivity contribution in [3.05, 3.63) is 56.7 Å². The van der Waals surface area contributed by atoms with Crippen LogP contribution in [0.5, 0.6) is 5.75 Å². The van der Waals surface area contributed by atoms with E-state index in [9.17, 15) is 14.4 Å². The van der Waals surface area contributed by atoms with E-state index < -0.39 is 17.2 Å². The highest BCUT2D eigenvalue weighted by molar-refractivity contribution is 6.05. The Morgan fingerprint density at radius 3 is 2.67 bits per heavy atom. The fourth-order valence-electron chi connectivity index (χ4n) is 2.95. The molecule has 0 saturated carbocycles. The minimum Gasteiger partial charge on any atom is -0.493 e. The van der Waals surface area contributed by atoms with Crippen molar-refractivity contribution < 1.29 is 14.3 Å². The zero-order valence-corrected chi connectivity index (χ0v) is 17.5. The van der Waals surface area contributed by atoms with E-state index in [0.717, 1.165) is 5.56 Å². The van der Waals surface area contributed by atoms with Gasteiger partial charge in [0.1, 0.15) is 11.6 Å². The molecule has 162 valence electrons. The number of hydrogen-bond donors (Lipinski definition) is 2. The number of rotatable bonds is 10. The summed E-state index contributed by atoms with van der Waals surface area (Å²) in [5, 5.41) is 0. The third-order valence-corrected chi connectivity index (χ3v) is 4.34. The van der Waals surface area contributed by atoms with Crippen LogP contribution in [0.25, 0.3) is 6.08 Å². The Bertz CT molecular complexity index is 1010. The van der Waals surface area contributed by atoms with Gasteiger partial charge in [0.15, 0.2) is 5.69 Å². The van der Waals surface area contributed by atoms with Gasteiger partial charge in [0.05, 0.1) is 13.2 Å². The molecule has 0 unspecified atom stereocenters. The predicted octanol–water partition coefficient (Wildman–Crippen LogP) is 1.62. The summed E-state index contributed by atoms with van der Waals surface area (Å²) in [6.45, 7) is 4.83. The summed E-state index contributed by atoms with van der Waals surface area (Å²) >= 11 is 0. The van der Waals surface area contributed by atoms with E-state index in [2.05, 4.69) is 4.98 Å². The number of methoxy groups -OCH3 is 1. The van der Waals surface area contributed by atoms with Gasteiger partial charge in [-0.25, -0.2) is 4.79 Å². The van der Waals surface area contributed by atoms with Crippen LogP contribution in [-0.4, -0.2) is 42.3 Å². The number of benzene rings is 1. The molecule has 0 aliphatic carbocycles. The van der Waals surface area contributed by atoms with E-state index in [1.54, 1.807) is 12.1 Å². The van der Waals surface area contributed by atoms with Gasteiger partial charge in [0.2, 0.25) is 0 Å². The normalized spacial score (nSPS) is 11.0. The molecule has 3 N–H and O–H groups in total. The number of nitrogen functional groups attached to an aromatic ring is 1. The molecule has 1 heterocycles. The highest BCUT2D eigenvalue weighted by Crippen LogP contribution is 2.21. The maximum Gasteiger partial charge on any atom is 0.330 e. The first-order valence-electron chi connectivity index (χ1n) is 9.77. The second-order valence-electron chi connectivity index (χ2n) is 6.43. The van der Waals surface area contributed by atoms with Crippen LogP contribution in [0.2, 0.25) is 0 Å². The van der Waals surface area contributed by atoms with Gasteiger partial charge >= 0.3 is 5.69 Å². The van der Waals surface area contributed by atoms with E-state index in [-0.39, 0.29) is 24.7 Å². The summed E-state index contributed by atoms with van der Waals surface area (Å²) in [5.74, 6) is 0.108. The zero-order valence-electron chi connectivity index (χ0n) is 17.5. The molecule has 30 heavy (non-hydrogen) atoms. The molecule has 1 aromatic carbocycles. The van der Waals surface area contributed by atoms with Crippen LogP contribution in [0.4, 0.5) is 11.5 Å². The van der Waals surface area contributed by atoms with Crippen molar-refractivity contribution in [3.8, 4) is 5.75 Å². The average Bonchev–Trinajstić information content (AvgIpc) is 2.72. The van der Waals surface area contributed by atoms with Crippen molar-refractivity contribution in [1.29, 1.82) is 0 Å². The zero-order chi connectivity index (χ0) is 22.1. The number of anilines is 2. The molecule has 9 heteroatoms. The number of carbonyl (C=O) groups is 1. The fourth-order valence-corrected chi connectivity index (χ4v) is 2.95. The van der Waals surface area contributed by atoms with E-state index in [4.69, 9.17) is 15.2 Å². The van der Waals surface area contributed by atoms with Gasteiger partial charge in [-0.3, -0.25) is 24.0 Å². The fraction of sp³-hybridized carbons (Fsp3) is 0.381. The topological polar surface area (TPSA) is 120 Å². The molecule has 0 radical (unpaired) electrons. The molecule has 0 spiro atoms. The Balaban J connectivity index is 2.46. The Hall–Kier alpha value is -3.33. The number of amides is 1. The van der Waals surface area contributed by atoms with Crippen LogP contribution in [0, 0.1) is 0 Å². The molecule has 2 aromatic rings. The molecule has 2 rings (SSSR count). The molecule has 0 saturated heterocycles. The van der Waals surface area contributed by atoms with E-state index in [1.807, 2.05) is 32.0 Å². The SMILES string of the molecule is CCCn1c(N)c(N(CCOC)C(=O)/C=C/c2ccccc2OCC)c(=O)[nH]c1=O. The summed E-state index contributed by atoms with van der Waals surface area (Å²) in [4.78, 5) is 41.0. The number of nitrogens with one attached hydrogen (secondary N) is 1. The van der Waals surface area contributed by atoms with Crippen LogP contribution < -0.4 is 26.6 Å². The van der Waals surface area contributed by atoms with Crippen molar-refractivity contribution in [2.45, 2.75) is 26.8 Å².